The highest BCUT2D eigenvalue weighted by atomic mass is 15.0. The second-order valence-electron chi connectivity index (χ2n) is 3.81. The Balaban J connectivity index is 1.93. The third-order valence-electron chi connectivity index (χ3n) is 3.02. The minimum absolute atomic E-state index is 0.832. The molecule has 0 bridgehead atoms. The monoisotopic (exact) mass is 154 g/mol. The Morgan fingerprint density at radius 1 is 1.00 bits per heavy atom. The lowest BCUT2D eigenvalue weighted by atomic mass is 9.90. The van der Waals surface area contributed by atoms with Gasteiger partial charge >= 0.3 is 0 Å². The van der Waals surface area contributed by atoms with E-state index in [1.165, 1.54) is 45.3 Å². The summed E-state index contributed by atoms with van der Waals surface area (Å²) in [6.45, 7) is 3.72. The average Bonchev–Trinajstić information content (AvgIpc) is 2.28. The summed E-state index contributed by atoms with van der Waals surface area (Å²) >= 11 is 0. The van der Waals surface area contributed by atoms with Gasteiger partial charge in [-0.2, -0.15) is 0 Å². The molecule has 0 spiro atoms. The van der Waals surface area contributed by atoms with E-state index in [1.807, 2.05) is 0 Å². The molecule has 0 aromatic rings. The number of fused-ring (bicyclic) bond motifs is 1. The van der Waals surface area contributed by atoms with Crippen LogP contribution in [0, 0.1) is 5.92 Å². The van der Waals surface area contributed by atoms with Gasteiger partial charge in [0.25, 0.3) is 0 Å². The van der Waals surface area contributed by atoms with E-state index in [4.69, 9.17) is 0 Å². The molecule has 0 aromatic carbocycles. The number of rotatable bonds is 0. The topological polar surface area (TPSA) is 24.1 Å². The minimum atomic E-state index is 0.832. The second kappa shape index (κ2) is 3.55. The van der Waals surface area contributed by atoms with Crippen LogP contribution in [0.15, 0.2) is 0 Å². The highest BCUT2D eigenvalue weighted by molar-refractivity contribution is 4.84. The number of piperidine rings is 1. The third-order valence-corrected chi connectivity index (χ3v) is 3.02. The van der Waals surface area contributed by atoms with E-state index in [2.05, 4.69) is 10.6 Å². The molecule has 2 aliphatic rings. The number of hydrogen-bond donors (Lipinski definition) is 2. The molecule has 2 fully saturated rings. The molecule has 2 nitrogen and oxygen atoms in total. The van der Waals surface area contributed by atoms with E-state index >= 15 is 0 Å². The predicted molar refractivity (Wildman–Crippen MR) is 46.6 cm³/mol. The maximum absolute atomic E-state index is 3.64. The fourth-order valence-electron chi connectivity index (χ4n) is 2.31. The van der Waals surface area contributed by atoms with Gasteiger partial charge in [0.1, 0.15) is 0 Å². The summed E-state index contributed by atoms with van der Waals surface area (Å²) in [5, 5.41) is 7.12. The van der Waals surface area contributed by atoms with E-state index in [0.717, 1.165) is 12.0 Å². The normalized spacial score (nSPS) is 39.3. The van der Waals surface area contributed by atoms with Crippen LogP contribution in [0.4, 0.5) is 0 Å². The first kappa shape index (κ1) is 7.56. The summed E-state index contributed by atoms with van der Waals surface area (Å²) < 4.78 is 0. The summed E-state index contributed by atoms with van der Waals surface area (Å²) in [4.78, 5) is 0. The van der Waals surface area contributed by atoms with Crippen molar-refractivity contribution in [3.63, 3.8) is 0 Å². The van der Waals surface area contributed by atoms with Crippen molar-refractivity contribution in [1.82, 2.24) is 10.6 Å². The molecule has 11 heavy (non-hydrogen) atoms. The van der Waals surface area contributed by atoms with Crippen LogP contribution in [0.5, 0.6) is 0 Å². The molecule has 0 aromatic heterocycles. The lowest BCUT2D eigenvalue weighted by molar-refractivity contribution is 0.284. The summed E-state index contributed by atoms with van der Waals surface area (Å²) in [6.07, 6.45) is 5.58. The van der Waals surface area contributed by atoms with Gasteiger partial charge in [-0.15, -0.1) is 0 Å². The summed E-state index contributed by atoms with van der Waals surface area (Å²) in [5.74, 6) is 0.922. The maximum atomic E-state index is 3.64. The lowest BCUT2D eigenvalue weighted by Crippen LogP contribution is -2.46. The van der Waals surface area contributed by atoms with Gasteiger partial charge in [0, 0.05) is 6.04 Å². The quantitative estimate of drug-likeness (QED) is 0.538. The van der Waals surface area contributed by atoms with E-state index < -0.39 is 0 Å². The zero-order valence-corrected chi connectivity index (χ0v) is 7.10. The Bertz CT molecular complexity index is 111. The second-order valence-corrected chi connectivity index (χ2v) is 3.81. The first-order chi connectivity index (χ1) is 5.47. The first-order valence-corrected chi connectivity index (χ1v) is 4.91. The van der Waals surface area contributed by atoms with Crippen molar-refractivity contribution < 1.29 is 0 Å². The summed E-state index contributed by atoms with van der Waals surface area (Å²) in [5.41, 5.74) is 0. The van der Waals surface area contributed by atoms with Gasteiger partial charge < -0.3 is 10.6 Å². The van der Waals surface area contributed by atoms with Crippen LogP contribution in [0.25, 0.3) is 0 Å². The molecule has 2 heteroatoms. The van der Waals surface area contributed by atoms with Gasteiger partial charge in [0.2, 0.25) is 0 Å². The lowest BCUT2D eigenvalue weighted by Gasteiger charge is -2.30. The van der Waals surface area contributed by atoms with Crippen molar-refractivity contribution in [2.24, 2.45) is 5.92 Å². The van der Waals surface area contributed by atoms with Gasteiger partial charge in [-0.05, 0) is 44.8 Å². The van der Waals surface area contributed by atoms with Crippen molar-refractivity contribution in [2.45, 2.75) is 31.7 Å². The molecule has 64 valence electrons. The zero-order chi connectivity index (χ0) is 7.52. The number of hydrogen-bond acceptors (Lipinski definition) is 2. The maximum Gasteiger partial charge on any atom is 0.0119 e. The summed E-state index contributed by atoms with van der Waals surface area (Å²) in [7, 11) is 0. The molecule has 2 aliphatic heterocycles. The van der Waals surface area contributed by atoms with Gasteiger partial charge in [-0.25, -0.2) is 0 Å². The van der Waals surface area contributed by atoms with E-state index in [-0.39, 0.29) is 0 Å². The van der Waals surface area contributed by atoms with Crippen LogP contribution in [-0.2, 0) is 0 Å². The predicted octanol–water partition coefficient (Wildman–Crippen LogP) is 0.738. The number of nitrogens with one attached hydrogen (secondary N) is 2. The van der Waals surface area contributed by atoms with E-state index in [1.54, 1.807) is 0 Å². The molecule has 0 radical (unpaired) electrons. The first-order valence-electron chi connectivity index (χ1n) is 4.91. The van der Waals surface area contributed by atoms with Crippen LogP contribution in [-0.4, -0.2) is 25.7 Å². The van der Waals surface area contributed by atoms with Gasteiger partial charge in [0.15, 0.2) is 0 Å². The molecule has 0 saturated carbocycles. The molecular formula is C9H18N2. The average molecular weight is 154 g/mol. The van der Waals surface area contributed by atoms with Crippen LogP contribution in [0.3, 0.4) is 0 Å². The molecule has 2 saturated heterocycles. The van der Waals surface area contributed by atoms with Crippen molar-refractivity contribution in [2.75, 3.05) is 19.6 Å². The Morgan fingerprint density at radius 2 is 2.00 bits per heavy atom. The molecule has 0 aliphatic carbocycles. The molecule has 2 atom stereocenters. The van der Waals surface area contributed by atoms with Crippen molar-refractivity contribution >= 4 is 0 Å². The standard InChI is InChI=1S/C9H18N2/c1-2-5-11-9-4-6-10-7-8(9)3-1/h8-11H,1-7H2. The molecule has 2 heterocycles. The highest BCUT2D eigenvalue weighted by Crippen LogP contribution is 2.20. The Morgan fingerprint density at radius 3 is 3.00 bits per heavy atom. The van der Waals surface area contributed by atoms with Crippen molar-refractivity contribution in [3.05, 3.63) is 0 Å². The van der Waals surface area contributed by atoms with Crippen LogP contribution < -0.4 is 10.6 Å². The molecule has 0 amide bonds. The zero-order valence-electron chi connectivity index (χ0n) is 7.10. The fourth-order valence-corrected chi connectivity index (χ4v) is 2.31. The SMILES string of the molecule is C1CCC2CNCCC2NC1. The van der Waals surface area contributed by atoms with E-state index in [9.17, 15) is 0 Å². The van der Waals surface area contributed by atoms with Crippen LogP contribution >= 0.6 is 0 Å². The largest absolute Gasteiger partial charge is 0.316 e. The van der Waals surface area contributed by atoms with Gasteiger partial charge in [-0.1, -0.05) is 6.42 Å². The summed E-state index contributed by atoms with van der Waals surface area (Å²) in [6, 6.07) is 0.832. The third kappa shape index (κ3) is 1.74. The molecular weight excluding hydrogens is 136 g/mol. The van der Waals surface area contributed by atoms with Gasteiger partial charge in [0.05, 0.1) is 0 Å². The molecule has 2 rings (SSSR count). The highest BCUT2D eigenvalue weighted by Gasteiger charge is 2.25. The van der Waals surface area contributed by atoms with E-state index in [0.29, 0.717) is 0 Å². The van der Waals surface area contributed by atoms with Crippen LogP contribution in [0.2, 0.25) is 0 Å². The molecule has 2 unspecified atom stereocenters. The molecule has 2 N–H and O–H groups in total. The Kier molecular flexibility index (Phi) is 2.44. The van der Waals surface area contributed by atoms with Crippen LogP contribution in [0.1, 0.15) is 25.7 Å². The van der Waals surface area contributed by atoms with Crippen molar-refractivity contribution in [3.8, 4) is 0 Å². The Labute approximate surface area is 68.7 Å². The smallest absolute Gasteiger partial charge is 0.0119 e. The minimum Gasteiger partial charge on any atom is -0.316 e. The Hall–Kier alpha value is -0.0800. The van der Waals surface area contributed by atoms with Crippen molar-refractivity contribution in [1.29, 1.82) is 0 Å². The fraction of sp³-hybridized carbons (Fsp3) is 1.00. The van der Waals surface area contributed by atoms with Gasteiger partial charge in [-0.3, -0.25) is 0 Å².